The molecule has 0 saturated heterocycles. The van der Waals surface area contributed by atoms with Crippen molar-refractivity contribution in [3.8, 4) is 10.6 Å². The lowest BCUT2D eigenvalue weighted by molar-refractivity contribution is -0.123. The zero-order chi connectivity index (χ0) is 16.6. The highest BCUT2D eigenvalue weighted by Gasteiger charge is 2.21. The zero-order valence-electron chi connectivity index (χ0n) is 13.8. The normalized spacial score (nSPS) is 11.7. The van der Waals surface area contributed by atoms with Gasteiger partial charge in [-0.05, 0) is 42.8 Å². The van der Waals surface area contributed by atoms with Crippen molar-refractivity contribution < 1.29 is 4.79 Å². The molecular formula is C19H20N2OS. The Morgan fingerprint density at radius 2 is 1.87 bits per heavy atom. The molecule has 3 nitrogen and oxygen atoms in total. The first kappa shape index (κ1) is 15.7. The highest BCUT2D eigenvalue weighted by atomic mass is 32.1. The molecule has 1 N–H and O–H groups in total. The van der Waals surface area contributed by atoms with Crippen LogP contribution in [0.3, 0.4) is 0 Å². The number of aryl methyl sites for hydroxylation is 1. The Bertz CT molecular complexity index is 841. The third kappa shape index (κ3) is 3.27. The molecule has 23 heavy (non-hydrogen) atoms. The number of thiazole rings is 1. The molecule has 0 aliphatic carbocycles. The molecule has 4 heteroatoms. The number of carbonyl (C=O) groups excluding carboxylic acids is 1. The Kier molecular flexibility index (Phi) is 3.94. The second kappa shape index (κ2) is 5.78. The molecule has 1 heterocycles. The smallest absolute Gasteiger partial charge is 0.229 e. The number of amides is 1. The minimum Gasteiger partial charge on any atom is -0.325 e. The first-order valence-electron chi connectivity index (χ1n) is 7.62. The van der Waals surface area contributed by atoms with Crippen molar-refractivity contribution in [3.63, 3.8) is 0 Å². The van der Waals surface area contributed by atoms with Crippen LogP contribution in [0.1, 0.15) is 26.3 Å². The van der Waals surface area contributed by atoms with Crippen LogP contribution in [0, 0.1) is 12.3 Å². The van der Waals surface area contributed by atoms with Gasteiger partial charge in [0.25, 0.3) is 0 Å². The maximum absolute atomic E-state index is 12.1. The highest BCUT2D eigenvalue weighted by molar-refractivity contribution is 7.21. The predicted molar refractivity (Wildman–Crippen MR) is 97.9 cm³/mol. The van der Waals surface area contributed by atoms with Gasteiger partial charge in [-0.25, -0.2) is 4.98 Å². The Labute approximate surface area is 140 Å². The van der Waals surface area contributed by atoms with Crippen LogP contribution >= 0.6 is 11.3 Å². The quantitative estimate of drug-likeness (QED) is 0.699. The molecule has 1 amide bonds. The number of hydrogen-bond donors (Lipinski definition) is 1. The third-order valence-corrected chi connectivity index (χ3v) is 4.78. The van der Waals surface area contributed by atoms with Gasteiger partial charge in [0, 0.05) is 16.7 Å². The van der Waals surface area contributed by atoms with Gasteiger partial charge < -0.3 is 5.32 Å². The molecule has 0 unspecified atom stereocenters. The fraction of sp³-hybridized carbons (Fsp3) is 0.263. The summed E-state index contributed by atoms with van der Waals surface area (Å²) in [5.74, 6) is 0.0216. The molecule has 0 atom stereocenters. The molecule has 2 aromatic carbocycles. The number of nitrogens with one attached hydrogen (secondary N) is 1. The summed E-state index contributed by atoms with van der Waals surface area (Å²) < 4.78 is 1.19. The molecule has 0 spiro atoms. The van der Waals surface area contributed by atoms with Crippen LogP contribution in [0.5, 0.6) is 0 Å². The Hall–Kier alpha value is -2.20. The largest absolute Gasteiger partial charge is 0.325 e. The lowest BCUT2D eigenvalue weighted by Gasteiger charge is -2.19. The van der Waals surface area contributed by atoms with Gasteiger partial charge in [-0.15, -0.1) is 11.3 Å². The van der Waals surface area contributed by atoms with Crippen molar-refractivity contribution in [3.05, 3.63) is 48.0 Å². The van der Waals surface area contributed by atoms with Gasteiger partial charge in [0.2, 0.25) is 5.91 Å². The Morgan fingerprint density at radius 1 is 1.13 bits per heavy atom. The molecular weight excluding hydrogens is 304 g/mol. The second-order valence-electron chi connectivity index (χ2n) is 6.72. The molecule has 0 radical (unpaired) electrons. The van der Waals surface area contributed by atoms with Crippen LogP contribution in [-0.2, 0) is 4.79 Å². The summed E-state index contributed by atoms with van der Waals surface area (Å²) in [7, 11) is 0. The van der Waals surface area contributed by atoms with E-state index in [1.165, 1.54) is 4.70 Å². The SMILES string of the molecule is Cc1cc(-c2nc3ccccc3s2)ccc1NC(=O)C(C)(C)C. The Balaban J connectivity index is 1.91. The Morgan fingerprint density at radius 3 is 2.52 bits per heavy atom. The lowest BCUT2D eigenvalue weighted by Crippen LogP contribution is -2.27. The third-order valence-electron chi connectivity index (χ3n) is 3.70. The lowest BCUT2D eigenvalue weighted by atomic mass is 9.95. The number of anilines is 1. The van der Waals surface area contributed by atoms with Crippen LogP contribution in [0.2, 0.25) is 0 Å². The first-order chi connectivity index (χ1) is 10.8. The van der Waals surface area contributed by atoms with Gasteiger partial charge in [-0.2, -0.15) is 0 Å². The van der Waals surface area contributed by atoms with Crippen LogP contribution < -0.4 is 5.32 Å². The van der Waals surface area contributed by atoms with E-state index in [2.05, 4.69) is 22.4 Å². The van der Waals surface area contributed by atoms with Gasteiger partial charge in [0.1, 0.15) is 5.01 Å². The van der Waals surface area contributed by atoms with E-state index in [-0.39, 0.29) is 5.91 Å². The van der Waals surface area contributed by atoms with E-state index in [4.69, 9.17) is 0 Å². The average molecular weight is 324 g/mol. The number of fused-ring (bicyclic) bond motifs is 1. The first-order valence-corrected chi connectivity index (χ1v) is 8.44. The summed E-state index contributed by atoms with van der Waals surface area (Å²) in [6.07, 6.45) is 0. The van der Waals surface area contributed by atoms with E-state index < -0.39 is 5.41 Å². The summed E-state index contributed by atoms with van der Waals surface area (Å²) in [5, 5.41) is 4.00. The van der Waals surface area contributed by atoms with Crippen LogP contribution in [-0.4, -0.2) is 10.9 Å². The minimum absolute atomic E-state index is 0.0216. The van der Waals surface area contributed by atoms with Crippen LogP contribution in [0.15, 0.2) is 42.5 Å². The van der Waals surface area contributed by atoms with Crippen molar-refractivity contribution in [2.45, 2.75) is 27.7 Å². The maximum atomic E-state index is 12.1. The number of aromatic nitrogens is 1. The van der Waals surface area contributed by atoms with E-state index in [0.29, 0.717) is 0 Å². The topological polar surface area (TPSA) is 42.0 Å². The van der Waals surface area contributed by atoms with Gasteiger partial charge in [-0.1, -0.05) is 32.9 Å². The van der Waals surface area contributed by atoms with Gasteiger partial charge in [0.05, 0.1) is 10.2 Å². The minimum atomic E-state index is -0.405. The molecule has 0 bridgehead atoms. The fourth-order valence-electron chi connectivity index (χ4n) is 2.24. The second-order valence-corrected chi connectivity index (χ2v) is 7.75. The average Bonchev–Trinajstić information content (AvgIpc) is 2.92. The highest BCUT2D eigenvalue weighted by Crippen LogP contribution is 2.32. The molecule has 3 aromatic rings. The molecule has 118 valence electrons. The number of rotatable bonds is 2. The van der Waals surface area contributed by atoms with Gasteiger partial charge in [0.15, 0.2) is 0 Å². The fourth-order valence-corrected chi connectivity index (χ4v) is 3.20. The van der Waals surface area contributed by atoms with E-state index in [9.17, 15) is 4.79 Å². The molecule has 0 saturated carbocycles. The van der Waals surface area contributed by atoms with Gasteiger partial charge >= 0.3 is 0 Å². The number of nitrogens with zero attached hydrogens (tertiary/aromatic N) is 1. The number of hydrogen-bond acceptors (Lipinski definition) is 3. The molecule has 1 aromatic heterocycles. The van der Waals surface area contributed by atoms with E-state index in [1.54, 1.807) is 11.3 Å². The number of para-hydroxylation sites is 1. The van der Waals surface area contributed by atoms with Crippen molar-refractivity contribution >= 4 is 33.1 Å². The summed E-state index contributed by atoms with van der Waals surface area (Å²) in [6, 6.07) is 14.2. The zero-order valence-corrected chi connectivity index (χ0v) is 14.6. The van der Waals surface area contributed by atoms with Crippen LogP contribution in [0.25, 0.3) is 20.8 Å². The molecule has 0 aliphatic rings. The van der Waals surface area contributed by atoms with Gasteiger partial charge in [-0.3, -0.25) is 4.79 Å². The van der Waals surface area contributed by atoms with E-state index >= 15 is 0 Å². The standard InChI is InChI=1S/C19H20N2OS/c1-12-11-13(9-10-14(12)21-18(22)19(2,3)4)17-20-15-7-5-6-8-16(15)23-17/h5-11H,1-4H3,(H,21,22). The summed E-state index contributed by atoms with van der Waals surface area (Å²) in [4.78, 5) is 16.8. The molecule has 0 aliphatic heterocycles. The van der Waals surface area contributed by atoms with Crippen molar-refractivity contribution in [2.24, 2.45) is 5.41 Å². The van der Waals surface area contributed by atoms with Crippen molar-refractivity contribution in [1.29, 1.82) is 0 Å². The monoisotopic (exact) mass is 324 g/mol. The number of benzene rings is 2. The van der Waals surface area contributed by atoms with Crippen molar-refractivity contribution in [2.75, 3.05) is 5.32 Å². The van der Waals surface area contributed by atoms with E-state index in [1.807, 2.05) is 58.0 Å². The summed E-state index contributed by atoms with van der Waals surface area (Å²) >= 11 is 1.68. The number of carbonyl (C=O) groups is 1. The summed E-state index contributed by atoms with van der Waals surface area (Å²) in [5.41, 5.74) is 3.60. The van der Waals surface area contributed by atoms with Crippen LogP contribution in [0.4, 0.5) is 5.69 Å². The molecule has 0 fully saturated rings. The van der Waals surface area contributed by atoms with Crippen molar-refractivity contribution in [1.82, 2.24) is 4.98 Å². The maximum Gasteiger partial charge on any atom is 0.229 e. The molecule has 3 rings (SSSR count). The van der Waals surface area contributed by atoms with E-state index in [0.717, 1.165) is 27.3 Å². The predicted octanol–water partition coefficient (Wildman–Crippen LogP) is 5.26. The summed E-state index contributed by atoms with van der Waals surface area (Å²) in [6.45, 7) is 7.74.